The quantitative estimate of drug-likeness (QED) is 0.447. The fraction of sp³-hybridized carbons (Fsp3) is 0.346. The van der Waals surface area contributed by atoms with Gasteiger partial charge in [0.05, 0.1) is 20.8 Å². The van der Waals surface area contributed by atoms with Gasteiger partial charge < -0.3 is 14.0 Å². The maximum absolute atomic E-state index is 13.0. The number of carbonyl (C=O) groups excluding carboxylic acids is 1. The van der Waals surface area contributed by atoms with Gasteiger partial charge in [0.15, 0.2) is 17.3 Å². The van der Waals surface area contributed by atoms with Crippen molar-refractivity contribution in [2.75, 3.05) is 27.8 Å². The van der Waals surface area contributed by atoms with E-state index >= 15 is 0 Å². The fourth-order valence-electron chi connectivity index (χ4n) is 3.99. The molecule has 0 aliphatic carbocycles. The van der Waals surface area contributed by atoms with Gasteiger partial charge in [0.2, 0.25) is 0 Å². The van der Waals surface area contributed by atoms with E-state index in [4.69, 9.17) is 9.47 Å². The van der Waals surface area contributed by atoms with E-state index in [0.717, 1.165) is 48.0 Å². The minimum absolute atomic E-state index is 0.156. The molecular weight excluding hydrogens is 388 g/mol. The van der Waals surface area contributed by atoms with Gasteiger partial charge in [-0.15, -0.1) is 0 Å². The summed E-state index contributed by atoms with van der Waals surface area (Å²) in [4.78, 5) is 15.0. The number of carbonyl (C=O) groups is 1. The average Bonchev–Trinajstić information content (AvgIpc) is 3.06. The lowest BCUT2D eigenvalue weighted by atomic mass is 10.1. The molecule has 0 radical (unpaired) electrons. The highest BCUT2D eigenvalue weighted by Crippen LogP contribution is 2.28. The largest absolute Gasteiger partial charge is 0.493 e. The fourth-order valence-corrected chi connectivity index (χ4v) is 3.99. The van der Waals surface area contributed by atoms with Crippen molar-refractivity contribution >= 4 is 5.78 Å². The number of rotatable bonds is 10. The molecule has 3 aromatic rings. The first kappa shape index (κ1) is 22.6. The monoisotopic (exact) mass is 420 g/mol. The minimum Gasteiger partial charge on any atom is -0.493 e. The number of aryl methyl sites for hydroxylation is 2. The van der Waals surface area contributed by atoms with E-state index in [1.165, 1.54) is 11.1 Å². The standard InChI is InChI=1S/C26H32N2O3/c1-19-15-23(24(29)18-27(3)17-22-9-7-6-8-10-22)20(2)28(19)14-13-21-11-12-25(30-4)26(16-21)31-5/h6-12,15-16H,13-14,17-18H2,1-5H3. The zero-order valence-corrected chi connectivity index (χ0v) is 19.1. The summed E-state index contributed by atoms with van der Waals surface area (Å²) in [6.45, 7) is 6.05. The Morgan fingerprint density at radius 1 is 0.935 bits per heavy atom. The van der Waals surface area contributed by atoms with E-state index in [1.54, 1.807) is 14.2 Å². The van der Waals surface area contributed by atoms with Gasteiger partial charge >= 0.3 is 0 Å². The van der Waals surface area contributed by atoms with Gasteiger partial charge in [-0.2, -0.15) is 0 Å². The smallest absolute Gasteiger partial charge is 0.178 e. The third-order valence-corrected chi connectivity index (χ3v) is 5.65. The number of nitrogens with zero attached hydrogens (tertiary/aromatic N) is 2. The molecule has 0 bridgehead atoms. The van der Waals surface area contributed by atoms with Crippen LogP contribution in [0.3, 0.4) is 0 Å². The van der Waals surface area contributed by atoms with Crippen LogP contribution in [-0.2, 0) is 19.5 Å². The van der Waals surface area contributed by atoms with Gasteiger partial charge in [0.25, 0.3) is 0 Å². The zero-order valence-electron chi connectivity index (χ0n) is 19.1. The maximum Gasteiger partial charge on any atom is 0.178 e. The van der Waals surface area contributed by atoms with Gasteiger partial charge in [0.1, 0.15) is 0 Å². The Kier molecular flexibility index (Phi) is 7.53. The number of Topliss-reactive ketones (excluding diaryl/α,β-unsaturated/α-hetero) is 1. The molecule has 1 aromatic heterocycles. The van der Waals surface area contributed by atoms with Crippen LogP contribution in [0.1, 0.15) is 32.9 Å². The topological polar surface area (TPSA) is 43.7 Å². The van der Waals surface area contributed by atoms with Crippen molar-refractivity contribution < 1.29 is 14.3 Å². The summed E-state index contributed by atoms with van der Waals surface area (Å²) in [5, 5.41) is 0. The van der Waals surface area contributed by atoms with Crippen LogP contribution in [0.5, 0.6) is 11.5 Å². The summed E-state index contributed by atoms with van der Waals surface area (Å²) >= 11 is 0. The molecule has 0 aliphatic rings. The van der Waals surface area contributed by atoms with Crippen LogP contribution in [0.25, 0.3) is 0 Å². The lowest BCUT2D eigenvalue weighted by Gasteiger charge is -2.16. The summed E-state index contributed by atoms with van der Waals surface area (Å²) in [6, 6.07) is 18.2. The summed E-state index contributed by atoms with van der Waals surface area (Å²) in [5.41, 5.74) is 5.31. The van der Waals surface area contributed by atoms with Gasteiger partial charge in [-0.05, 0) is 56.6 Å². The molecular formula is C26H32N2O3. The molecule has 5 heteroatoms. The number of benzene rings is 2. The van der Waals surface area contributed by atoms with E-state index in [9.17, 15) is 4.79 Å². The lowest BCUT2D eigenvalue weighted by Crippen LogP contribution is -2.26. The summed E-state index contributed by atoms with van der Waals surface area (Å²) in [5.74, 6) is 1.62. The highest BCUT2D eigenvalue weighted by Gasteiger charge is 2.17. The van der Waals surface area contributed by atoms with Crippen molar-refractivity contribution in [2.45, 2.75) is 33.4 Å². The van der Waals surface area contributed by atoms with Gasteiger partial charge in [0, 0.05) is 30.0 Å². The predicted molar refractivity (Wildman–Crippen MR) is 124 cm³/mol. The van der Waals surface area contributed by atoms with E-state index < -0.39 is 0 Å². The minimum atomic E-state index is 0.156. The van der Waals surface area contributed by atoms with Crippen LogP contribution in [0.4, 0.5) is 0 Å². The van der Waals surface area contributed by atoms with Gasteiger partial charge in [-0.1, -0.05) is 36.4 Å². The molecule has 31 heavy (non-hydrogen) atoms. The highest BCUT2D eigenvalue weighted by molar-refractivity contribution is 5.99. The van der Waals surface area contributed by atoms with E-state index in [1.807, 2.05) is 50.4 Å². The maximum atomic E-state index is 13.0. The van der Waals surface area contributed by atoms with Gasteiger partial charge in [-0.3, -0.25) is 9.69 Å². The van der Waals surface area contributed by atoms with Crippen molar-refractivity contribution in [2.24, 2.45) is 0 Å². The second-order valence-electron chi connectivity index (χ2n) is 7.96. The Balaban J connectivity index is 1.66. The molecule has 3 rings (SSSR count). The first-order valence-electron chi connectivity index (χ1n) is 10.6. The van der Waals surface area contributed by atoms with Crippen molar-refractivity contribution in [3.8, 4) is 11.5 Å². The average molecular weight is 421 g/mol. The number of hydrogen-bond donors (Lipinski definition) is 0. The molecule has 0 saturated heterocycles. The summed E-state index contributed by atoms with van der Waals surface area (Å²) < 4.78 is 13.0. The molecule has 0 unspecified atom stereocenters. The van der Waals surface area contributed by atoms with Crippen molar-refractivity contribution in [1.29, 1.82) is 0 Å². The third-order valence-electron chi connectivity index (χ3n) is 5.65. The number of hydrogen-bond acceptors (Lipinski definition) is 4. The molecule has 0 atom stereocenters. The third kappa shape index (κ3) is 5.56. The summed E-state index contributed by atoms with van der Waals surface area (Å²) in [7, 11) is 5.27. The van der Waals surface area contributed by atoms with Crippen molar-refractivity contribution in [3.05, 3.63) is 82.7 Å². The normalized spacial score (nSPS) is 11.0. The summed E-state index contributed by atoms with van der Waals surface area (Å²) in [6.07, 6.45) is 0.845. The van der Waals surface area contributed by atoms with Crippen molar-refractivity contribution in [3.63, 3.8) is 0 Å². The van der Waals surface area contributed by atoms with Gasteiger partial charge in [-0.25, -0.2) is 0 Å². The highest BCUT2D eigenvalue weighted by atomic mass is 16.5. The van der Waals surface area contributed by atoms with E-state index in [2.05, 4.69) is 34.6 Å². The molecule has 0 spiro atoms. The number of methoxy groups -OCH3 is 2. The van der Waals surface area contributed by atoms with E-state index in [0.29, 0.717) is 6.54 Å². The number of ether oxygens (including phenoxy) is 2. The van der Waals surface area contributed by atoms with Crippen LogP contribution in [0, 0.1) is 13.8 Å². The SMILES string of the molecule is COc1ccc(CCn2c(C)cc(C(=O)CN(C)Cc3ccccc3)c2C)cc1OC. The molecule has 1 heterocycles. The molecule has 0 amide bonds. The van der Waals surface area contributed by atoms with Crippen LogP contribution in [0.15, 0.2) is 54.6 Å². The zero-order chi connectivity index (χ0) is 22.4. The van der Waals surface area contributed by atoms with E-state index in [-0.39, 0.29) is 5.78 Å². The Labute approximate surface area is 185 Å². The van der Waals surface area contributed by atoms with Crippen LogP contribution in [0.2, 0.25) is 0 Å². The molecule has 2 aromatic carbocycles. The molecule has 0 saturated carbocycles. The molecule has 0 N–H and O–H groups in total. The van der Waals surface area contributed by atoms with Crippen molar-refractivity contribution in [1.82, 2.24) is 9.47 Å². The second-order valence-corrected chi connectivity index (χ2v) is 7.96. The van der Waals surface area contributed by atoms with Crippen LogP contribution in [-0.4, -0.2) is 43.1 Å². The Hall–Kier alpha value is -3.05. The molecule has 0 aliphatic heterocycles. The second kappa shape index (κ2) is 10.3. The Bertz CT molecular complexity index is 1020. The Morgan fingerprint density at radius 2 is 1.65 bits per heavy atom. The molecule has 164 valence electrons. The number of aromatic nitrogens is 1. The first-order valence-corrected chi connectivity index (χ1v) is 10.6. The number of ketones is 1. The lowest BCUT2D eigenvalue weighted by molar-refractivity contribution is 0.0942. The van der Waals surface area contributed by atoms with Crippen LogP contribution >= 0.6 is 0 Å². The molecule has 0 fully saturated rings. The first-order chi connectivity index (χ1) is 14.9. The molecule has 5 nitrogen and oxygen atoms in total. The van der Waals surface area contributed by atoms with Crippen LogP contribution < -0.4 is 9.47 Å². The number of likely N-dealkylation sites (N-methyl/N-ethyl adjacent to an activating group) is 1. The predicted octanol–water partition coefficient (Wildman–Crippen LogP) is 4.68. The Morgan fingerprint density at radius 3 is 2.32 bits per heavy atom.